The first kappa shape index (κ1) is 25.8. The van der Waals surface area contributed by atoms with E-state index in [2.05, 4.69) is 10.2 Å². The number of morpholine rings is 1. The molecule has 11 heteroatoms. The Kier molecular flexibility index (Phi) is 8.75. The minimum atomic E-state index is -3.65. The standard InChI is InChI=1S/C23H29N3O7S/c1-16(27)21(23(29)25-30)24-22(28)19-6-8-20(9-7-19)34(31,32)15-18-4-2-17(3-5-18)14-26-10-12-33-13-11-26/h2-9,16,21,27,30H,10-15H2,1H3,(H,24,28)(H,25,29)/t16-,21+/m1/s1. The highest BCUT2D eigenvalue weighted by Gasteiger charge is 2.26. The highest BCUT2D eigenvalue weighted by Crippen LogP contribution is 2.18. The van der Waals surface area contributed by atoms with Crippen LogP contribution in [0.5, 0.6) is 0 Å². The number of benzene rings is 2. The molecular weight excluding hydrogens is 462 g/mol. The maximum atomic E-state index is 12.8. The molecule has 1 heterocycles. The zero-order valence-electron chi connectivity index (χ0n) is 18.8. The van der Waals surface area contributed by atoms with E-state index in [1.165, 1.54) is 36.7 Å². The van der Waals surface area contributed by atoms with Crippen molar-refractivity contribution < 1.29 is 33.1 Å². The molecule has 10 nitrogen and oxygen atoms in total. The molecule has 0 unspecified atom stereocenters. The third-order valence-electron chi connectivity index (χ3n) is 5.53. The van der Waals surface area contributed by atoms with Gasteiger partial charge in [-0.3, -0.25) is 19.7 Å². The van der Waals surface area contributed by atoms with Crippen LogP contribution in [0.2, 0.25) is 0 Å². The van der Waals surface area contributed by atoms with Gasteiger partial charge in [-0.1, -0.05) is 24.3 Å². The average Bonchev–Trinajstić information content (AvgIpc) is 2.83. The number of hydrogen-bond acceptors (Lipinski definition) is 8. The minimum Gasteiger partial charge on any atom is -0.391 e. The second-order valence-corrected chi connectivity index (χ2v) is 10.1. The molecule has 2 aromatic rings. The molecular formula is C23H29N3O7S. The predicted molar refractivity (Wildman–Crippen MR) is 123 cm³/mol. The summed E-state index contributed by atoms with van der Waals surface area (Å²) in [6.07, 6.45) is -1.25. The van der Waals surface area contributed by atoms with Crippen molar-refractivity contribution in [2.75, 3.05) is 26.3 Å². The Morgan fingerprint density at radius 2 is 1.62 bits per heavy atom. The molecule has 2 atom stereocenters. The maximum Gasteiger partial charge on any atom is 0.268 e. The number of nitrogens with one attached hydrogen (secondary N) is 2. The van der Waals surface area contributed by atoms with Crippen LogP contribution in [0.15, 0.2) is 53.4 Å². The first-order valence-electron chi connectivity index (χ1n) is 10.8. The van der Waals surface area contributed by atoms with Gasteiger partial charge in [-0.15, -0.1) is 0 Å². The second kappa shape index (κ2) is 11.5. The fourth-order valence-corrected chi connectivity index (χ4v) is 4.92. The number of ether oxygens (including phenoxy) is 1. The van der Waals surface area contributed by atoms with Gasteiger partial charge in [-0.2, -0.15) is 0 Å². The van der Waals surface area contributed by atoms with Crippen LogP contribution in [0.4, 0.5) is 0 Å². The number of rotatable bonds is 9. The van der Waals surface area contributed by atoms with Gasteiger partial charge in [0.05, 0.1) is 30.0 Å². The molecule has 1 saturated heterocycles. The maximum absolute atomic E-state index is 12.8. The lowest BCUT2D eigenvalue weighted by molar-refractivity contribution is -0.133. The summed E-state index contributed by atoms with van der Waals surface area (Å²) in [7, 11) is -3.65. The Morgan fingerprint density at radius 1 is 1.03 bits per heavy atom. The van der Waals surface area contributed by atoms with E-state index >= 15 is 0 Å². The molecule has 0 aliphatic carbocycles. The summed E-state index contributed by atoms with van der Waals surface area (Å²) in [6, 6.07) is 11.4. The lowest BCUT2D eigenvalue weighted by Crippen LogP contribution is -2.51. The third kappa shape index (κ3) is 6.84. The molecule has 2 aromatic carbocycles. The summed E-state index contributed by atoms with van der Waals surface area (Å²) in [6.45, 7) is 5.25. The van der Waals surface area contributed by atoms with Crippen molar-refractivity contribution in [3.05, 3.63) is 65.2 Å². The van der Waals surface area contributed by atoms with E-state index in [9.17, 15) is 23.1 Å². The van der Waals surface area contributed by atoms with E-state index in [0.717, 1.165) is 38.4 Å². The van der Waals surface area contributed by atoms with Crippen molar-refractivity contribution in [1.82, 2.24) is 15.7 Å². The lowest BCUT2D eigenvalue weighted by Gasteiger charge is -2.26. The van der Waals surface area contributed by atoms with Gasteiger partial charge in [-0.25, -0.2) is 13.9 Å². The summed E-state index contributed by atoms with van der Waals surface area (Å²) in [4.78, 5) is 26.3. The van der Waals surface area contributed by atoms with Crippen LogP contribution in [-0.2, 0) is 31.7 Å². The quantitative estimate of drug-likeness (QED) is 0.293. The number of amides is 2. The van der Waals surface area contributed by atoms with Crippen molar-refractivity contribution in [2.45, 2.75) is 36.3 Å². The molecule has 1 fully saturated rings. The number of aliphatic hydroxyl groups excluding tert-OH is 1. The minimum absolute atomic E-state index is 0.0571. The zero-order chi connectivity index (χ0) is 24.7. The largest absolute Gasteiger partial charge is 0.391 e. The summed E-state index contributed by atoms with van der Waals surface area (Å²) in [5, 5.41) is 20.7. The van der Waals surface area contributed by atoms with Crippen molar-refractivity contribution in [1.29, 1.82) is 0 Å². The Bertz CT molecular complexity index is 1080. The van der Waals surface area contributed by atoms with Gasteiger partial charge in [0, 0.05) is 25.2 Å². The highest BCUT2D eigenvalue weighted by atomic mass is 32.2. The average molecular weight is 492 g/mol. The van der Waals surface area contributed by atoms with Gasteiger partial charge in [0.1, 0.15) is 6.04 Å². The number of hydroxylamine groups is 1. The van der Waals surface area contributed by atoms with Gasteiger partial charge < -0.3 is 15.2 Å². The monoisotopic (exact) mass is 491 g/mol. The number of aliphatic hydroxyl groups is 1. The number of sulfone groups is 1. The molecule has 184 valence electrons. The fourth-order valence-electron chi connectivity index (χ4n) is 3.57. The highest BCUT2D eigenvalue weighted by molar-refractivity contribution is 7.90. The van der Waals surface area contributed by atoms with Crippen LogP contribution < -0.4 is 10.8 Å². The normalized spacial score (nSPS) is 16.4. The molecule has 0 bridgehead atoms. The molecule has 34 heavy (non-hydrogen) atoms. The van der Waals surface area contributed by atoms with E-state index in [-0.39, 0.29) is 16.2 Å². The van der Waals surface area contributed by atoms with E-state index in [0.29, 0.717) is 5.56 Å². The van der Waals surface area contributed by atoms with Crippen molar-refractivity contribution in [3.63, 3.8) is 0 Å². The van der Waals surface area contributed by atoms with Crippen LogP contribution in [0.25, 0.3) is 0 Å². The van der Waals surface area contributed by atoms with E-state index in [1.807, 2.05) is 12.1 Å². The smallest absolute Gasteiger partial charge is 0.268 e. The van der Waals surface area contributed by atoms with Gasteiger partial charge in [0.25, 0.3) is 11.8 Å². The Hall–Kier alpha value is -2.83. The number of hydrogen-bond donors (Lipinski definition) is 4. The predicted octanol–water partition coefficient (Wildman–Crippen LogP) is 0.477. The van der Waals surface area contributed by atoms with Crippen molar-refractivity contribution >= 4 is 21.7 Å². The topological polar surface area (TPSA) is 145 Å². The molecule has 0 saturated carbocycles. The lowest BCUT2D eigenvalue weighted by atomic mass is 10.1. The van der Waals surface area contributed by atoms with Crippen LogP contribution in [0, 0.1) is 0 Å². The molecule has 3 rings (SSSR count). The molecule has 4 N–H and O–H groups in total. The first-order valence-corrected chi connectivity index (χ1v) is 12.5. The summed E-state index contributed by atoms with van der Waals surface area (Å²) in [5.41, 5.74) is 3.23. The van der Waals surface area contributed by atoms with Gasteiger partial charge in [0.2, 0.25) is 0 Å². The molecule has 0 aromatic heterocycles. The van der Waals surface area contributed by atoms with Crippen molar-refractivity contribution in [3.8, 4) is 0 Å². The number of nitrogens with zero attached hydrogens (tertiary/aromatic N) is 1. The van der Waals surface area contributed by atoms with Crippen LogP contribution >= 0.6 is 0 Å². The SMILES string of the molecule is C[C@@H](O)[C@H](NC(=O)c1ccc(S(=O)(=O)Cc2ccc(CN3CCOCC3)cc2)cc1)C(=O)NO. The summed E-state index contributed by atoms with van der Waals surface area (Å²) in [5.74, 6) is -1.86. The fraction of sp³-hybridized carbons (Fsp3) is 0.391. The molecule has 0 spiro atoms. The summed E-state index contributed by atoms with van der Waals surface area (Å²) < 4.78 is 31.0. The third-order valence-corrected chi connectivity index (χ3v) is 7.23. The van der Waals surface area contributed by atoms with Crippen LogP contribution in [-0.4, -0.2) is 73.9 Å². The Balaban J connectivity index is 1.63. The Morgan fingerprint density at radius 3 is 2.18 bits per heavy atom. The van der Waals surface area contributed by atoms with Gasteiger partial charge >= 0.3 is 0 Å². The Labute approximate surface area is 198 Å². The van der Waals surface area contributed by atoms with Gasteiger partial charge in [-0.05, 0) is 42.3 Å². The summed E-state index contributed by atoms with van der Waals surface area (Å²) >= 11 is 0. The molecule has 2 amide bonds. The van der Waals surface area contributed by atoms with Crippen molar-refractivity contribution in [2.24, 2.45) is 0 Å². The van der Waals surface area contributed by atoms with Crippen LogP contribution in [0.1, 0.15) is 28.4 Å². The van der Waals surface area contributed by atoms with Crippen LogP contribution in [0.3, 0.4) is 0 Å². The molecule has 1 aliphatic heterocycles. The molecule has 1 aliphatic rings. The zero-order valence-corrected chi connectivity index (χ0v) is 19.6. The number of carbonyl (C=O) groups excluding carboxylic acids is 2. The number of carbonyl (C=O) groups is 2. The van der Waals surface area contributed by atoms with E-state index in [4.69, 9.17) is 9.94 Å². The van der Waals surface area contributed by atoms with E-state index < -0.39 is 33.8 Å². The second-order valence-electron chi connectivity index (χ2n) is 8.16. The van der Waals surface area contributed by atoms with E-state index in [1.54, 1.807) is 12.1 Å². The molecule has 0 radical (unpaired) electrons. The first-order chi connectivity index (χ1) is 16.2. The van der Waals surface area contributed by atoms with Gasteiger partial charge in [0.15, 0.2) is 9.84 Å².